The van der Waals surface area contributed by atoms with E-state index in [1.165, 1.54) is 24.3 Å². The molecule has 1 aromatic heterocycles. The maximum atomic E-state index is 12.5. The Morgan fingerprint density at radius 1 is 1.09 bits per heavy atom. The second-order valence-corrected chi connectivity index (χ2v) is 6.82. The molecule has 1 heterocycles. The third-order valence-electron chi connectivity index (χ3n) is 4.61. The number of carbonyl (C=O) groups excluding carboxylic acids is 2. The van der Waals surface area contributed by atoms with E-state index in [-0.39, 0.29) is 35.9 Å². The highest BCUT2D eigenvalue weighted by Crippen LogP contribution is 2.26. The molecule has 0 aliphatic heterocycles. The van der Waals surface area contributed by atoms with Crippen LogP contribution in [0.15, 0.2) is 60.8 Å². The third-order valence-corrected chi connectivity index (χ3v) is 4.61. The predicted octanol–water partition coefficient (Wildman–Crippen LogP) is 2.90. The molecular weight excluding hydrogens is 412 g/mol. The molecule has 10 heteroatoms. The van der Waals surface area contributed by atoms with Gasteiger partial charge in [0.1, 0.15) is 11.4 Å². The fourth-order valence-corrected chi connectivity index (χ4v) is 3.00. The maximum absolute atomic E-state index is 12.5. The summed E-state index contributed by atoms with van der Waals surface area (Å²) in [7, 11) is 1.76. The summed E-state index contributed by atoms with van der Waals surface area (Å²) in [6, 6.07) is 15.9. The number of hydrogen-bond donors (Lipinski definition) is 3. The number of carbonyl (C=O) groups is 2. The van der Waals surface area contributed by atoms with Gasteiger partial charge in [-0.05, 0) is 42.5 Å². The molecule has 32 heavy (non-hydrogen) atoms. The van der Waals surface area contributed by atoms with Gasteiger partial charge in [-0.15, -0.1) is 0 Å². The van der Waals surface area contributed by atoms with E-state index in [1.807, 2.05) is 6.07 Å². The molecule has 2 aromatic carbocycles. The first kappa shape index (κ1) is 22.0. The van der Waals surface area contributed by atoms with E-state index in [1.54, 1.807) is 48.1 Å². The van der Waals surface area contributed by atoms with Crippen molar-refractivity contribution in [2.75, 3.05) is 23.7 Å². The van der Waals surface area contributed by atoms with Crippen molar-refractivity contribution in [2.45, 2.75) is 0 Å². The zero-order valence-electron chi connectivity index (χ0n) is 17.2. The van der Waals surface area contributed by atoms with Crippen molar-refractivity contribution in [3.63, 3.8) is 0 Å². The van der Waals surface area contributed by atoms with Gasteiger partial charge < -0.3 is 20.5 Å². The highest BCUT2D eigenvalue weighted by molar-refractivity contribution is 6.05. The minimum atomic E-state index is -0.585. The molecule has 3 rings (SSSR count). The number of aromatic nitrogens is 1. The first-order valence-electron chi connectivity index (χ1n) is 9.62. The van der Waals surface area contributed by atoms with E-state index in [2.05, 4.69) is 16.0 Å². The first-order valence-corrected chi connectivity index (χ1v) is 9.62. The average Bonchev–Trinajstić information content (AvgIpc) is 3.22. The van der Waals surface area contributed by atoms with Crippen LogP contribution in [0.2, 0.25) is 0 Å². The molecule has 10 nitrogen and oxygen atoms in total. The van der Waals surface area contributed by atoms with Crippen molar-refractivity contribution < 1.29 is 14.5 Å². The Hall–Kier alpha value is -4.65. The lowest BCUT2D eigenvalue weighted by Crippen LogP contribution is -2.30. The number of hydrogen-bond acceptors (Lipinski definition) is 6. The molecule has 3 N–H and O–H groups in total. The van der Waals surface area contributed by atoms with Crippen LogP contribution in [-0.2, 0) is 7.05 Å². The molecule has 0 saturated carbocycles. The van der Waals surface area contributed by atoms with Crippen LogP contribution in [0.5, 0.6) is 0 Å². The quantitative estimate of drug-likeness (QED) is 0.284. The van der Waals surface area contributed by atoms with Crippen LogP contribution in [0.3, 0.4) is 0 Å². The number of nitrogens with one attached hydrogen (secondary N) is 3. The summed E-state index contributed by atoms with van der Waals surface area (Å²) >= 11 is 0. The topological polar surface area (TPSA) is 142 Å². The summed E-state index contributed by atoms with van der Waals surface area (Å²) in [4.78, 5) is 35.5. The van der Waals surface area contributed by atoms with Crippen LogP contribution in [0, 0.1) is 21.4 Å². The molecule has 0 atom stereocenters. The van der Waals surface area contributed by atoms with Gasteiger partial charge in [0.25, 0.3) is 17.5 Å². The smallest absolute Gasteiger partial charge is 0.293 e. The van der Waals surface area contributed by atoms with E-state index >= 15 is 0 Å². The molecule has 2 amide bonds. The molecule has 0 aliphatic rings. The lowest BCUT2D eigenvalue weighted by molar-refractivity contribution is -0.384. The van der Waals surface area contributed by atoms with Gasteiger partial charge in [-0.2, -0.15) is 5.26 Å². The van der Waals surface area contributed by atoms with Gasteiger partial charge >= 0.3 is 0 Å². The lowest BCUT2D eigenvalue weighted by atomic mass is 10.1. The van der Waals surface area contributed by atoms with Gasteiger partial charge in [0, 0.05) is 43.7 Å². The monoisotopic (exact) mass is 432 g/mol. The van der Waals surface area contributed by atoms with Gasteiger partial charge in [-0.1, -0.05) is 6.07 Å². The van der Waals surface area contributed by atoms with E-state index in [9.17, 15) is 19.7 Å². The number of nitro benzene ring substituents is 1. The standard InChI is InChI=1S/C22H20N6O4/c1-27-11-3-6-19(27)22(30)25-10-9-24-18-8-7-16(13-20(18)28(31)32)21(29)26-17-5-2-4-15(12-17)14-23/h2-8,11-13,24H,9-10H2,1H3,(H,25,30)(H,26,29). The number of rotatable bonds is 8. The minimum Gasteiger partial charge on any atom is -0.378 e. The summed E-state index contributed by atoms with van der Waals surface area (Å²) in [5.74, 6) is -0.786. The van der Waals surface area contributed by atoms with Crippen molar-refractivity contribution in [3.05, 3.63) is 87.7 Å². The number of nitro groups is 1. The number of nitrogens with zero attached hydrogens (tertiary/aromatic N) is 3. The van der Waals surface area contributed by atoms with E-state index in [0.717, 1.165) is 0 Å². The van der Waals surface area contributed by atoms with Crippen molar-refractivity contribution in [1.82, 2.24) is 9.88 Å². The van der Waals surface area contributed by atoms with E-state index in [0.29, 0.717) is 16.9 Å². The van der Waals surface area contributed by atoms with Gasteiger partial charge in [-0.25, -0.2) is 0 Å². The molecule has 0 unspecified atom stereocenters. The molecule has 3 aromatic rings. The summed E-state index contributed by atoms with van der Waals surface area (Å²) in [5.41, 5.74) is 1.36. The maximum Gasteiger partial charge on any atom is 0.293 e. The normalized spacial score (nSPS) is 10.1. The fourth-order valence-electron chi connectivity index (χ4n) is 3.00. The Kier molecular flexibility index (Phi) is 6.82. The van der Waals surface area contributed by atoms with Crippen LogP contribution >= 0.6 is 0 Å². The SMILES string of the molecule is Cn1cccc1C(=O)NCCNc1ccc(C(=O)Nc2cccc(C#N)c2)cc1[N+](=O)[O-]. The van der Waals surface area contributed by atoms with Crippen LogP contribution in [0.25, 0.3) is 0 Å². The number of aryl methyl sites for hydroxylation is 1. The first-order chi connectivity index (χ1) is 15.4. The molecule has 0 radical (unpaired) electrons. The van der Waals surface area contributed by atoms with E-state index < -0.39 is 10.8 Å². The summed E-state index contributed by atoms with van der Waals surface area (Å²) in [5, 5.41) is 28.7. The highest BCUT2D eigenvalue weighted by atomic mass is 16.6. The largest absolute Gasteiger partial charge is 0.378 e. The zero-order valence-corrected chi connectivity index (χ0v) is 17.2. The second-order valence-electron chi connectivity index (χ2n) is 6.82. The summed E-state index contributed by atoms with van der Waals surface area (Å²) in [6.07, 6.45) is 1.76. The van der Waals surface area contributed by atoms with Crippen LogP contribution in [0.1, 0.15) is 26.4 Å². The van der Waals surface area contributed by atoms with Gasteiger partial charge in [0.15, 0.2) is 0 Å². The molecule has 0 bridgehead atoms. The molecule has 0 spiro atoms. The van der Waals surface area contributed by atoms with Gasteiger partial charge in [-0.3, -0.25) is 19.7 Å². The van der Waals surface area contributed by atoms with Crippen LogP contribution in [-0.4, -0.2) is 34.4 Å². The Balaban J connectivity index is 1.63. The van der Waals surface area contributed by atoms with Crippen LogP contribution < -0.4 is 16.0 Å². The number of amides is 2. The summed E-state index contributed by atoms with van der Waals surface area (Å²) in [6.45, 7) is 0.502. The highest BCUT2D eigenvalue weighted by Gasteiger charge is 2.18. The second kappa shape index (κ2) is 9.90. The number of benzene rings is 2. The van der Waals surface area contributed by atoms with Crippen molar-refractivity contribution >= 4 is 28.9 Å². The Bertz CT molecular complexity index is 1210. The average molecular weight is 432 g/mol. The van der Waals surface area contributed by atoms with Crippen molar-refractivity contribution in [2.24, 2.45) is 7.05 Å². The van der Waals surface area contributed by atoms with Crippen molar-refractivity contribution in [3.8, 4) is 6.07 Å². The van der Waals surface area contributed by atoms with Crippen molar-refractivity contribution in [1.29, 1.82) is 5.26 Å². The minimum absolute atomic E-state index is 0.0987. The fraction of sp³-hybridized carbons (Fsp3) is 0.136. The molecule has 0 aliphatic carbocycles. The number of anilines is 2. The molecule has 0 saturated heterocycles. The Morgan fingerprint density at radius 2 is 1.91 bits per heavy atom. The lowest BCUT2D eigenvalue weighted by Gasteiger charge is -2.10. The Morgan fingerprint density at radius 3 is 2.59 bits per heavy atom. The van der Waals surface area contributed by atoms with Gasteiger partial charge in [0.2, 0.25) is 0 Å². The molecule has 162 valence electrons. The van der Waals surface area contributed by atoms with Gasteiger partial charge in [0.05, 0.1) is 16.6 Å². The van der Waals surface area contributed by atoms with E-state index in [4.69, 9.17) is 5.26 Å². The molecular formula is C22H20N6O4. The summed E-state index contributed by atoms with van der Waals surface area (Å²) < 4.78 is 1.69. The third kappa shape index (κ3) is 5.28. The predicted molar refractivity (Wildman–Crippen MR) is 118 cm³/mol. The molecule has 0 fully saturated rings. The number of nitriles is 1. The Labute approximate surface area is 183 Å². The van der Waals surface area contributed by atoms with Crippen LogP contribution in [0.4, 0.5) is 17.1 Å². The zero-order chi connectivity index (χ0) is 23.1.